The number of hydrogen-bond donors (Lipinski definition) is 1. The lowest BCUT2D eigenvalue weighted by atomic mass is 10.1. The van der Waals surface area contributed by atoms with E-state index in [4.69, 9.17) is 4.74 Å². The Morgan fingerprint density at radius 3 is 3.04 bits per heavy atom. The van der Waals surface area contributed by atoms with Crippen molar-refractivity contribution in [2.45, 2.75) is 18.6 Å². The molecule has 0 spiro atoms. The van der Waals surface area contributed by atoms with Gasteiger partial charge in [0.05, 0.1) is 37.6 Å². The summed E-state index contributed by atoms with van der Waals surface area (Å²) in [6.07, 6.45) is 3.16. The minimum atomic E-state index is -0.601. The summed E-state index contributed by atoms with van der Waals surface area (Å²) in [5.74, 6) is -0.398. The Hall–Kier alpha value is -3.10. The number of nitrogens with one attached hydrogen (secondary N) is 1. The number of hydrogen-bond acceptors (Lipinski definition) is 6. The van der Waals surface area contributed by atoms with Crippen LogP contribution < -0.4 is 15.1 Å². The lowest BCUT2D eigenvalue weighted by molar-refractivity contribution is 0.132. The first-order valence-corrected chi connectivity index (χ1v) is 9.10. The summed E-state index contributed by atoms with van der Waals surface area (Å²) >= 11 is 0. The maximum absolute atomic E-state index is 14.8. The summed E-state index contributed by atoms with van der Waals surface area (Å²) in [5.41, 5.74) is 2.13. The Balaban J connectivity index is 1.44. The van der Waals surface area contributed by atoms with Crippen molar-refractivity contribution in [3.05, 3.63) is 35.7 Å². The molecule has 0 radical (unpaired) electrons. The van der Waals surface area contributed by atoms with Crippen molar-refractivity contribution < 1.29 is 23.5 Å². The van der Waals surface area contributed by atoms with E-state index in [1.165, 1.54) is 23.6 Å². The molecule has 28 heavy (non-hydrogen) atoms. The van der Waals surface area contributed by atoms with Crippen molar-refractivity contribution in [3.8, 4) is 0 Å². The molecular formula is C19H21FN4O4. The minimum absolute atomic E-state index is 0.101. The summed E-state index contributed by atoms with van der Waals surface area (Å²) in [6.45, 7) is 1.65. The van der Waals surface area contributed by atoms with E-state index < -0.39 is 24.1 Å². The van der Waals surface area contributed by atoms with Crippen LogP contribution in [0.3, 0.4) is 0 Å². The number of carbonyl (C=O) groups is 2. The number of ether oxygens (including phenoxy) is 2. The fraction of sp³-hybridized carbons (Fsp3) is 0.421. The van der Waals surface area contributed by atoms with Crippen molar-refractivity contribution in [2.75, 3.05) is 43.1 Å². The van der Waals surface area contributed by atoms with Gasteiger partial charge in [-0.15, -0.1) is 0 Å². The molecule has 0 saturated carbocycles. The molecule has 0 aliphatic carbocycles. The molecule has 2 atom stereocenters. The lowest BCUT2D eigenvalue weighted by Crippen LogP contribution is -2.34. The van der Waals surface area contributed by atoms with E-state index >= 15 is 0 Å². The molecule has 1 N–H and O–H groups in total. The fourth-order valence-corrected chi connectivity index (χ4v) is 3.66. The average molecular weight is 388 g/mol. The van der Waals surface area contributed by atoms with Gasteiger partial charge in [-0.3, -0.25) is 9.89 Å². The molecule has 0 bridgehead atoms. The monoisotopic (exact) mass is 388 g/mol. The van der Waals surface area contributed by atoms with Crippen LogP contribution >= 0.6 is 0 Å². The van der Waals surface area contributed by atoms with E-state index in [0.717, 1.165) is 6.42 Å². The lowest BCUT2D eigenvalue weighted by Gasteiger charge is -2.20. The highest BCUT2D eigenvalue weighted by Gasteiger charge is 2.34. The molecule has 8 nitrogen and oxygen atoms in total. The van der Waals surface area contributed by atoms with Gasteiger partial charge in [0.2, 0.25) is 0 Å². The molecule has 3 aliphatic heterocycles. The highest BCUT2D eigenvalue weighted by molar-refractivity contribution is 5.90. The molecule has 2 amide bonds. The Kier molecular flexibility index (Phi) is 4.89. The Labute approximate surface area is 161 Å². The molecule has 1 aromatic carbocycles. The number of allylic oxidation sites excluding steroid dienone is 1. The van der Waals surface area contributed by atoms with Crippen LogP contribution in [0, 0.1) is 5.82 Å². The molecule has 4 rings (SSSR count). The third-order valence-electron chi connectivity index (χ3n) is 5.08. The first kappa shape index (κ1) is 18.3. The zero-order valence-electron chi connectivity index (χ0n) is 15.4. The van der Waals surface area contributed by atoms with Crippen molar-refractivity contribution in [1.82, 2.24) is 5.32 Å². The van der Waals surface area contributed by atoms with Gasteiger partial charge in [-0.25, -0.2) is 14.0 Å². The predicted molar refractivity (Wildman–Crippen MR) is 102 cm³/mol. The second-order valence-electron chi connectivity index (χ2n) is 6.87. The Morgan fingerprint density at radius 2 is 2.29 bits per heavy atom. The van der Waals surface area contributed by atoms with Crippen LogP contribution in [0.1, 0.15) is 6.42 Å². The average Bonchev–Trinajstić information content (AvgIpc) is 3.29. The van der Waals surface area contributed by atoms with Crippen LogP contribution in [-0.4, -0.2) is 63.8 Å². The van der Waals surface area contributed by atoms with Gasteiger partial charge < -0.3 is 19.7 Å². The summed E-state index contributed by atoms with van der Waals surface area (Å²) < 4.78 is 24.5. The summed E-state index contributed by atoms with van der Waals surface area (Å²) in [7, 11) is 1.25. The van der Waals surface area contributed by atoms with E-state index in [-0.39, 0.29) is 19.1 Å². The van der Waals surface area contributed by atoms with Gasteiger partial charge in [0.25, 0.3) is 0 Å². The van der Waals surface area contributed by atoms with Crippen LogP contribution in [0.4, 0.5) is 25.4 Å². The largest absolute Gasteiger partial charge is 0.453 e. The van der Waals surface area contributed by atoms with Gasteiger partial charge in [0, 0.05) is 25.7 Å². The third-order valence-corrected chi connectivity index (χ3v) is 5.08. The summed E-state index contributed by atoms with van der Waals surface area (Å²) in [4.78, 5) is 31.1. The van der Waals surface area contributed by atoms with Crippen molar-refractivity contribution >= 4 is 29.8 Å². The van der Waals surface area contributed by atoms with Crippen molar-refractivity contribution in [2.24, 2.45) is 4.99 Å². The predicted octanol–water partition coefficient (Wildman–Crippen LogP) is 2.10. The molecule has 1 aromatic rings. The maximum Gasteiger partial charge on any atom is 0.414 e. The van der Waals surface area contributed by atoms with Crippen molar-refractivity contribution in [3.63, 3.8) is 0 Å². The molecule has 3 heterocycles. The zero-order chi connectivity index (χ0) is 19.7. The van der Waals surface area contributed by atoms with Gasteiger partial charge in [0.1, 0.15) is 11.9 Å². The standard InChI is InChI=1S/C19H21FN4O4/c1-27-18(25)22-8-14-10-24(19(26)28-14)13-4-5-17(15(20)7-13)23-9-12-3-2-6-21-16(12)11-23/h3-7,14,16H,2,8-11H2,1H3,(H,22,25)/t14-,16?/m0/s1. The zero-order valence-corrected chi connectivity index (χ0v) is 15.4. The van der Waals surface area contributed by atoms with Gasteiger partial charge in [-0.1, -0.05) is 6.08 Å². The molecular weight excluding hydrogens is 367 g/mol. The molecule has 2 saturated heterocycles. The fourth-order valence-electron chi connectivity index (χ4n) is 3.66. The number of cyclic esters (lactones) is 1. The topological polar surface area (TPSA) is 83.5 Å². The van der Waals surface area contributed by atoms with E-state index in [9.17, 15) is 14.0 Å². The van der Waals surface area contributed by atoms with E-state index in [2.05, 4.69) is 21.1 Å². The number of rotatable bonds is 4. The number of methoxy groups -OCH3 is 1. The number of aliphatic imine (C=N–C) groups is 1. The van der Waals surface area contributed by atoms with Gasteiger partial charge >= 0.3 is 12.2 Å². The maximum atomic E-state index is 14.8. The highest BCUT2D eigenvalue weighted by atomic mass is 19.1. The minimum Gasteiger partial charge on any atom is -0.453 e. The van der Waals surface area contributed by atoms with Crippen LogP contribution in [0.5, 0.6) is 0 Å². The summed E-state index contributed by atoms with van der Waals surface area (Å²) in [6, 6.07) is 4.82. The van der Waals surface area contributed by atoms with E-state index in [1.54, 1.807) is 12.1 Å². The number of nitrogens with zero attached hydrogens (tertiary/aromatic N) is 3. The van der Waals surface area contributed by atoms with E-state index in [0.29, 0.717) is 24.5 Å². The SMILES string of the molecule is COC(=O)NC[C@H]1CN(c2ccc(N3CC4=CCC=NC4C3)c(F)c2)C(=O)O1. The summed E-state index contributed by atoms with van der Waals surface area (Å²) in [5, 5.41) is 2.49. The number of dihydropyridines is 1. The number of alkyl carbamates (subject to hydrolysis) is 1. The second kappa shape index (κ2) is 7.49. The van der Waals surface area contributed by atoms with Crippen LogP contribution in [0.25, 0.3) is 0 Å². The molecule has 1 unspecified atom stereocenters. The Morgan fingerprint density at radius 1 is 1.43 bits per heavy atom. The number of carbonyl (C=O) groups excluding carboxylic acids is 2. The second-order valence-corrected chi connectivity index (χ2v) is 6.87. The quantitative estimate of drug-likeness (QED) is 0.799. The van der Waals surface area contributed by atoms with E-state index in [1.807, 2.05) is 11.1 Å². The Bertz CT molecular complexity index is 856. The third kappa shape index (κ3) is 3.51. The number of fused-ring (bicyclic) bond motifs is 1. The molecule has 3 aliphatic rings. The van der Waals surface area contributed by atoms with Crippen LogP contribution in [0.2, 0.25) is 0 Å². The van der Waals surface area contributed by atoms with Crippen LogP contribution in [0.15, 0.2) is 34.8 Å². The molecule has 2 fully saturated rings. The highest BCUT2D eigenvalue weighted by Crippen LogP contribution is 2.32. The smallest absolute Gasteiger partial charge is 0.414 e. The first-order chi connectivity index (χ1) is 13.5. The first-order valence-electron chi connectivity index (χ1n) is 9.10. The number of benzene rings is 1. The van der Waals surface area contributed by atoms with Gasteiger partial charge in [-0.2, -0.15) is 0 Å². The number of amides is 2. The molecule has 148 valence electrons. The normalized spacial score (nSPS) is 23.4. The number of halogens is 1. The van der Waals surface area contributed by atoms with Crippen LogP contribution in [-0.2, 0) is 9.47 Å². The van der Waals surface area contributed by atoms with Crippen molar-refractivity contribution in [1.29, 1.82) is 0 Å². The molecule has 9 heteroatoms. The van der Waals surface area contributed by atoms with Gasteiger partial charge in [-0.05, 0) is 23.8 Å². The van der Waals surface area contributed by atoms with Gasteiger partial charge in [0.15, 0.2) is 0 Å². The molecule has 0 aromatic heterocycles. The number of anilines is 2.